The summed E-state index contributed by atoms with van der Waals surface area (Å²) in [6.07, 6.45) is 4.76. The number of fused-ring (bicyclic) bond motifs is 1. The van der Waals surface area contributed by atoms with Gasteiger partial charge in [0.1, 0.15) is 11.9 Å². The Morgan fingerprint density at radius 3 is 2.47 bits per heavy atom. The molecule has 1 aromatic heterocycles. The van der Waals surface area contributed by atoms with Gasteiger partial charge in [0.05, 0.1) is 18.4 Å². The van der Waals surface area contributed by atoms with Crippen molar-refractivity contribution in [3.05, 3.63) is 77.6 Å². The molecule has 0 bridgehead atoms. The van der Waals surface area contributed by atoms with Crippen molar-refractivity contribution >= 4 is 25.0 Å². The summed E-state index contributed by atoms with van der Waals surface area (Å²) in [7, 11) is -4.09. The van der Waals surface area contributed by atoms with E-state index in [1.165, 1.54) is 11.9 Å². The van der Waals surface area contributed by atoms with Crippen molar-refractivity contribution in [1.82, 2.24) is 9.97 Å². The van der Waals surface area contributed by atoms with Crippen LogP contribution in [0.5, 0.6) is 5.88 Å². The largest absolute Gasteiger partial charge is 0.472 e. The van der Waals surface area contributed by atoms with Crippen LogP contribution in [0, 0.1) is 0 Å². The maximum atomic E-state index is 12.4. The van der Waals surface area contributed by atoms with Gasteiger partial charge >= 0.3 is 7.82 Å². The SMILES string of the molecule is CC1(C)Oc2ncnc(N)c2N=C1c1ccc(C2CCC(OP(=O)(O)OCCc3ccccc3)CC2)cc1. The molecule has 2 aliphatic rings. The molecular formula is C28H33N4O5P. The number of nitrogens with two attached hydrogens (primary N) is 1. The van der Waals surface area contributed by atoms with Gasteiger partial charge in [-0.3, -0.25) is 9.05 Å². The number of phosphoric acid groups is 1. The maximum Gasteiger partial charge on any atom is 0.472 e. The number of aromatic nitrogens is 2. The van der Waals surface area contributed by atoms with E-state index in [1.807, 2.05) is 44.2 Å². The highest BCUT2D eigenvalue weighted by Crippen LogP contribution is 2.48. The first-order valence-electron chi connectivity index (χ1n) is 12.9. The molecule has 0 spiro atoms. The van der Waals surface area contributed by atoms with E-state index in [2.05, 4.69) is 34.2 Å². The molecule has 1 saturated carbocycles. The third-order valence-electron chi connectivity index (χ3n) is 7.06. The Bertz CT molecular complexity index is 1340. The Labute approximate surface area is 222 Å². The minimum atomic E-state index is -4.09. The molecule has 200 valence electrons. The number of ether oxygens (including phenoxy) is 1. The van der Waals surface area contributed by atoms with E-state index >= 15 is 0 Å². The van der Waals surface area contributed by atoms with Crippen LogP contribution in [0.15, 0.2) is 65.9 Å². The summed E-state index contributed by atoms with van der Waals surface area (Å²) in [6.45, 7) is 4.04. The molecule has 38 heavy (non-hydrogen) atoms. The lowest BCUT2D eigenvalue weighted by Gasteiger charge is -2.32. The summed E-state index contributed by atoms with van der Waals surface area (Å²) >= 11 is 0. The number of anilines is 1. The van der Waals surface area contributed by atoms with Crippen molar-refractivity contribution in [1.29, 1.82) is 0 Å². The lowest BCUT2D eigenvalue weighted by molar-refractivity contribution is 0.0793. The van der Waals surface area contributed by atoms with Crippen LogP contribution in [0.3, 0.4) is 0 Å². The average Bonchev–Trinajstić information content (AvgIpc) is 2.89. The highest BCUT2D eigenvalue weighted by molar-refractivity contribution is 7.47. The zero-order chi connectivity index (χ0) is 26.8. The van der Waals surface area contributed by atoms with Gasteiger partial charge in [0.15, 0.2) is 11.5 Å². The van der Waals surface area contributed by atoms with E-state index in [-0.39, 0.29) is 18.5 Å². The number of hydrogen-bond acceptors (Lipinski definition) is 8. The van der Waals surface area contributed by atoms with Crippen molar-refractivity contribution in [2.24, 2.45) is 4.99 Å². The molecule has 1 atom stereocenters. The number of hydrogen-bond donors (Lipinski definition) is 2. The molecular weight excluding hydrogens is 503 g/mol. The van der Waals surface area contributed by atoms with Crippen molar-refractivity contribution in [3.8, 4) is 5.88 Å². The van der Waals surface area contributed by atoms with Crippen LogP contribution in [0.2, 0.25) is 0 Å². The van der Waals surface area contributed by atoms with Gasteiger partial charge in [-0.15, -0.1) is 0 Å². The van der Waals surface area contributed by atoms with E-state index in [1.54, 1.807) is 0 Å². The summed E-state index contributed by atoms with van der Waals surface area (Å²) < 4.78 is 29.2. The smallest absolute Gasteiger partial charge is 0.463 e. The summed E-state index contributed by atoms with van der Waals surface area (Å²) in [6, 6.07) is 18.0. The highest BCUT2D eigenvalue weighted by Gasteiger charge is 2.35. The summed E-state index contributed by atoms with van der Waals surface area (Å²) in [5.74, 6) is 1.02. The van der Waals surface area contributed by atoms with Crippen molar-refractivity contribution in [2.75, 3.05) is 12.3 Å². The van der Waals surface area contributed by atoms with Crippen LogP contribution in [0.1, 0.15) is 62.1 Å². The van der Waals surface area contributed by atoms with Gasteiger partial charge in [-0.1, -0.05) is 54.6 Å². The molecule has 3 aromatic rings. The summed E-state index contributed by atoms with van der Waals surface area (Å²) in [5, 5.41) is 0. The van der Waals surface area contributed by atoms with E-state index in [4.69, 9.17) is 24.5 Å². The number of nitrogens with zero attached hydrogens (tertiary/aromatic N) is 3. The molecule has 2 heterocycles. The molecule has 1 aliphatic heterocycles. The van der Waals surface area contributed by atoms with Crippen LogP contribution in [-0.2, 0) is 20.0 Å². The van der Waals surface area contributed by atoms with Gasteiger partial charge in [0.2, 0.25) is 5.88 Å². The fraction of sp³-hybridized carbons (Fsp3) is 0.393. The van der Waals surface area contributed by atoms with E-state index in [0.717, 1.165) is 29.7 Å². The first-order chi connectivity index (χ1) is 18.2. The monoisotopic (exact) mass is 536 g/mol. The predicted octanol–water partition coefficient (Wildman–Crippen LogP) is 5.75. The van der Waals surface area contributed by atoms with E-state index in [9.17, 15) is 9.46 Å². The van der Waals surface area contributed by atoms with Gasteiger partial charge in [0, 0.05) is 5.56 Å². The van der Waals surface area contributed by atoms with Gasteiger partial charge in [0.25, 0.3) is 0 Å². The molecule has 1 fully saturated rings. The normalized spacial score (nSPS) is 22.0. The molecule has 3 N–H and O–H groups in total. The number of rotatable bonds is 8. The lowest BCUT2D eigenvalue weighted by atomic mass is 9.82. The summed E-state index contributed by atoms with van der Waals surface area (Å²) in [4.78, 5) is 23.1. The molecule has 1 unspecified atom stereocenters. The van der Waals surface area contributed by atoms with Gasteiger partial charge in [-0.25, -0.2) is 14.5 Å². The number of benzene rings is 2. The minimum absolute atomic E-state index is 0.137. The fourth-order valence-corrected chi connectivity index (χ4v) is 6.03. The van der Waals surface area contributed by atoms with Crippen molar-refractivity contribution in [3.63, 3.8) is 0 Å². The second-order valence-corrected chi connectivity index (χ2v) is 11.6. The lowest BCUT2D eigenvalue weighted by Crippen LogP contribution is -2.41. The zero-order valence-corrected chi connectivity index (χ0v) is 22.5. The van der Waals surface area contributed by atoms with Crippen LogP contribution in [-0.4, -0.2) is 38.9 Å². The Balaban J connectivity index is 1.16. The second-order valence-electron chi connectivity index (χ2n) is 10.2. The van der Waals surface area contributed by atoms with Gasteiger partial charge < -0.3 is 15.4 Å². The molecule has 0 radical (unpaired) electrons. The summed E-state index contributed by atoms with van der Waals surface area (Å²) in [5.41, 5.74) is 9.76. The van der Waals surface area contributed by atoms with Crippen molar-refractivity contribution in [2.45, 2.75) is 63.6 Å². The first kappa shape index (κ1) is 26.5. The minimum Gasteiger partial charge on any atom is -0.463 e. The molecule has 5 rings (SSSR count). The number of nitrogen functional groups attached to an aromatic ring is 1. The zero-order valence-electron chi connectivity index (χ0n) is 21.6. The van der Waals surface area contributed by atoms with Crippen LogP contribution < -0.4 is 10.5 Å². The molecule has 0 amide bonds. The predicted molar refractivity (Wildman–Crippen MR) is 146 cm³/mol. The first-order valence-corrected chi connectivity index (χ1v) is 14.4. The molecule has 0 saturated heterocycles. The third-order valence-corrected chi connectivity index (χ3v) is 8.14. The van der Waals surface area contributed by atoms with E-state index < -0.39 is 13.4 Å². The average molecular weight is 537 g/mol. The van der Waals surface area contributed by atoms with Gasteiger partial charge in [-0.2, -0.15) is 4.98 Å². The topological polar surface area (TPSA) is 129 Å². The Morgan fingerprint density at radius 2 is 1.76 bits per heavy atom. The Kier molecular flexibility index (Phi) is 7.63. The molecule has 10 heteroatoms. The molecule has 2 aromatic carbocycles. The quantitative estimate of drug-likeness (QED) is 0.348. The van der Waals surface area contributed by atoms with Gasteiger partial charge in [-0.05, 0) is 63.0 Å². The van der Waals surface area contributed by atoms with Crippen LogP contribution in [0.25, 0.3) is 0 Å². The van der Waals surface area contributed by atoms with Crippen molar-refractivity contribution < 1.29 is 23.2 Å². The Hall–Kier alpha value is -3.10. The highest BCUT2D eigenvalue weighted by atomic mass is 31.2. The van der Waals surface area contributed by atoms with Crippen LogP contribution in [0.4, 0.5) is 11.5 Å². The third kappa shape index (κ3) is 6.13. The maximum absolute atomic E-state index is 12.4. The standard InChI is InChI=1S/C28H33N4O5P/c1-28(2)25(32-24-26(29)30-18-31-27(24)36-28)22-10-8-20(9-11-22)21-12-14-23(15-13-21)37-38(33,34)35-17-16-19-6-4-3-5-7-19/h3-11,18,21,23H,12-17H2,1-2H3,(H,33,34)(H2,29,30,31). The molecule has 1 aliphatic carbocycles. The number of aliphatic imine (C=N–C) groups is 1. The Morgan fingerprint density at radius 1 is 1.05 bits per heavy atom. The number of phosphoric ester groups is 1. The van der Waals surface area contributed by atoms with E-state index in [0.29, 0.717) is 36.7 Å². The van der Waals surface area contributed by atoms with Crippen LogP contribution >= 0.6 is 7.82 Å². The molecule has 9 nitrogen and oxygen atoms in total. The fourth-order valence-electron chi connectivity index (χ4n) is 5.06. The second kappa shape index (κ2) is 10.9.